The number of oxazole rings is 1. The molecule has 1 unspecified atom stereocenters. The van der Waals surface area contributed by atoms with Crippen molar-refractivity contribution in [3.05, 3.63) is 42.0 Å². The third-order valence-electron chi connectivity index (χ3n) is 3.94. The Morgan fingerprint density at radius 2 is 2.19 bits per heavy atom. The first-order chi connectivity index (χ1) is 10.2. The van der Waals surface area contributed by atoms with E-state index in [0.29, 0.717) is 11.9 Å². The van der Waals surface area contributed by atoms with Crippen LogP contribution in [0.2, 0.25) is 0 Å². The summed E-state index contributed by atoms with van der Waals surface area (Å²) in [4.78, 5) is 6.89. The lowest BCUT2D eigenvalue weighted by Crippen LogP contribution is -2.43. The number of likely N-dealkylation sites (tertiary alicyclic amines) is 1. The van der Waals surface area contributed by atoms with Crippen LogP contribution in [0, 0.1) is 5.82 Å². The molecule has 5 heteroatoms. The number of nitrogens with zero attached hydrogens (tertiary/aromatic N) is 2. The fourth-order valence-corrected chi connectivity index (χ4v) is 2.77. The molecule has 0 amide bonds. The van der Waals surface area contributed by atoms with E-state index in [9.17, 15) is 4.39 Å². The van der Waals surface area contributed by atoms with E-state index in [-0.39, 0.29) is 5.82 Å². The second-order valence-corrected chi connectivity index (χ2v) is 5.51. The van der Waals surface area contributed by atoms with Gasteiger partial charge in [-0.1, -0.05) is 0 Å². The van der Waals surface area contributed by atoms with Crippen molar-refractivity contribution >= 4 is 0 Å². The standard InChI is InChI=1S/C16H20FN3O/c1-18-14-3-2-8-20(9-14)10-15-11-21-16(19-15)12-4-6-13(17)7-5-12/h4-7,11,14,18H,2-3,8-10H2,1H3. The summed E-state index contributed by atoms with van der Waals surface area (Å²) in [6.07, 6.45) is 4.13. The molecule has 2 aromatic rings. The van der Waals surface area contributed by atoms with E-state index in [0.717, 1.165) is 30.9 Å². The lowest BCUT2D eigenvalue weighted by molar-refractivity contribution is 0.186. The molecule has 1 saturated heterocycles. The lowest BCUT2D eigenvalue weighted by atomic mass is 10.1. The van der Waals surface area contributed by atoms with Gasteiger partial charge in [-0.2, -0.15) is 0 Å². The monoisotopic (exact) mass is 289 g/mol. The minimum absolute atomic E-state index is 0.253. The highest BCUT2D eigenvalue weighted by Gasteiger charge is 2.19. The van der Waals surface area contributed by atoms with E-state index in [1.54, 1.807) is 18.4 Å². The van der Waals surface area contributed by atoms with Crippen molar-refractivity contribution in [3.63, 3.8) is 0 Å². The lowest BCUT2D eigenvalue weighted by Gasteiger charge is -2.31. The van der Waals surface area contributed by atoms with E-state index in [1.807, 2.05) is 7.05 Å². The number of benzene rings is 1. The van der Waals surface area contributed by atoms with Crippen LogP contribution in [-0.4, -0.2) is 36.1 Å². The van der Waals surface area contributed by atoms with E-state index >= 15 is 0 Å². The summed E-state index contributed by atoms with van der Waals surface area (Å²) >= 11 is 0. The summed E-state index contributed by atoms with van der Waals surface area (Å²) < 4.78 is 18.4. The number of aromatic nitrogens is 1. The third-order valence-corrected chi connectivity index (χ3v) is 3.94. The van der Waals surface area contributed by atoms with Gasteiger partial charge in [0.05, 0.1) is 5.69 Å². The van der Waals surface area contributed by atoms with Crippen LogP contribution in [0.5, 0.6) is 0 Å². The smallest absolute Gasteiger partial charge is 0.226 e. The zero-order chi connectivity index (χ0) is 14.7. The average molecular weight is 289 g/mol. The van der Waals surface area contributed by atoms with E-state index in [1.165, 1.54) is 25.0 Å². The van der Waals surface area contributed by atoms with Crippen molar-refractivity contribution in [1.82, 2.24) is 15.2 Å². The first-order valence-electron chi connectivity index (χ1n) is 7.34. The molecule has 1 aromatic carbocycles. The van der Waals surface area contributed by atoms with Crippen LogP contribution >= 0.6 is 0 Å². The molecule has 0 spiro atoms. The van der Waals surface area contributed by atoms with Gasteiger partial charge < -0.3 is 9.73 Å². The summed E-state index contributed by atoms with van der Waals surface area (Å²) in [7, 11) is 2.01. The fraction of sp³-hybridized carbons (Fsp3) is 0.438. The molecule has 1 aliphatic rings. The van der Waals surface area contributed by atoms with Gasteiger partial charge in [0.15, 0.2) is 0 Å². The zero-order valence-electron chi connectivity index (χ0n) is 12.2. The number of halogens is 1. The number of hydrogen-bond donors (Lipinski definition) is 1. The Morgan fingerprint density at radius 3 is 2.95 bits per heavy atom. The molecule has 1 N–H and O–H groups in total. The Hall–Kier alpha value is -1.72. The van der Waals surface area contributed by atoms with Crippen molar-refractivity contribution in [2.45, 2.75) is 25.4 Å². The molecule has 0 aliphatic carbocycles. The summed E-state index contributed by atoms with van der Waals surface area (Å²) in [6, 6.07) is 6.76. The molecule has 1 fully saturated rings. The maximum absolute atomic E-state index is 12.9. The largest absolute Gasteiger partial charge is 0.444 e. The summed E-state index contributed by atoms with van der Waals surface area (Å²) in [6.45, 7) is 2.93. The van der Waals surface area contributed by atoms with Crippen LogP contribution in [-0.2, 0) is 6.54 Å². The molecule has 1 aromatic heterocycles. The SMILES string of the molecule is CNC1CCCN(Cc2coc(-c3ccc(F)cc3)n2)C1. The highest BCUT2D eigenvalue weighted by molar-refractivity contribution is 5.52. The van der Waals surface area contributed by atoms with Gasteiger partial charge in [0, 0.05) is 24.7 Å². The number of rotatable bonds is 4. The zero-order valence-corrected chi connectivity index (χ0v) is 12.2. The Balaban J connectivity index is 1.66. The molecular weight excluding hydrogens is 269 g/mol. The van der Waals surface area contributed by atoms with Crippen molar-refractivity contribution in [3.8, 4) is 11.5 Å². The minimum atomic E-state index is -0.253. The number of likely N-dealkylation sites (N-methyl/N-ethyl adjacent to an activating group) is 1. The summed E-state index contributed by atoms with van der Waals surface area (Å²) in [5, 5.41) is 3.33. The molecule has 1 atom stereocenters. The van der Waals surface area contributed by atoms with Crippen LogP contribution < -0.4 is 5.32 Å². The number of hydrogen-bond acceptors (Lipinski definition) is 4. The highest BCUT2D eigenvalue weighted by Crippen LogP contribution is 2.20. The first kappa shape index (κ1) is 14.2. The molecular formula is C16H20FN3O. The van der Waals surface area contributed by atoms with Crippen LogP contribution in [0.1, 0.15) is 18.5 Å². The van der Waals surface area contributed by atoms with E-state index < -0.39 is 0 Å². The van der Waals surface area contributed by atoms with Gasteiger partial charge in [0.1, 0.15) is 12.1 Å². The van der Waals surface area contributed by atoms with Crippen LogP contribution in [0.3, 0.4) is 0 Å². The number of nitrogens with one attached hydrogen (secondary N) is 1. The molecule has 2 heterocycles. The van der Waals surface area contributed by atoms with E-state index in [4.69, 9.17) is 4.42 Å². The predicted molar refractivity (Wildman–Crippen MR) is 79.3 cm³/mol. The van der Waals surface area contributed by atoms with Gasteiger partial charge in [-0.05, 0) is 50.7 Å². The van der Waals surface area contributed by atoms with Crippen molar-refractivity contribution < 1.29 is 8.81 Å². The molecule has 0 bridgehead atoms. The van der Waals surface area contributed by atoms with Crippen LogP contribution in [0.4, 0.5) is 4.39 Å². The maximum Gasteiger partial charge on any atom is 0.226 e. The molecule has 21 heavy (non-hydrogen) atoms. The second kappa shape index (κ2) is 6.37. The van der Waals surface area contributed by atoms with Crippen molar-refractivity contribution in [1.29, 1.82) is 0 Å². The van der Waals surface area contributed by atoms with Crippen molar-refractivity contribution in [2.75, 3.05) is 20.1 Å². The topological polar surface area (TPSA) is 41.3 Å². The Bertz CT molecular complexity index is 581. The first-order valence-corrected chi connectivity index (χ1v) is 7.34. The molecule has 0 radical (unpaired) electrons. The normalized spacial score (nSPS) is 19.8. The van der Waals surface area contributed by atoms with Gasteiger partial charge in [-0.25, -0.2) is 9.37 Å². The molecule has 0 saturated carbocycles. The fourth-order valence-electron chi connectivity index (χ4n) is 2.77. The minimum Gasteiger partial charge on any atom is -0.444 e. The third kappa shape index (κ3) is 3.49. The molecule has 112 valence electrons. The maximum atomic E-state index is 12.9. The summed E-state index contributed by atoms with van der Waals surface area (Å²) in [5.74, 6) is 0.295. The second-order valence-electron chi connectivity index (χ2n) is 5.51. The Labute approximate surface area is 124 Å². The van der Waals surface area contributed by atoms with Gasteiger partial charge in [-0.3, -0.25) is 4.90 Å². The van der Waals surface area contributed by atoms with Gasteiger partial charge in [-0.15, -0.1) is 0 Å². The van der Waals surface area contributed by atoms with Crippen LogP contribution in [0.25, 0.3) is 11.5 Å². The highest BCUT2D eigenvalue weighted by atomic mass is 19.1. The molecule has 3 rings (SSSR count). The van der Waals surface area contributed by atoms with E-state index in [2.05, 4.69) is 15.2 Å². The van der Waals surface area contributed by atoms with Gasteiger partial charge in [0.2, 0.25) is 5.89 Å². The van der Waals surface area contributed by atoms with Crippen molar-refractivity contribution in [2.24, 2.45) is 0 Å². The van der Waals surface area contributed by atoms with Gasteiger partial charge >= 0.3 is 0 Å². The quantitative estimate of drug-likeness (QED) is 0.939. The Morgan fingerprint density at radius 1 is 1.38 bits per heavy atom. The molecule has 1 aliphatic heterocycles. The summed E-state index contributed by atoms with van der Waals surface area (Å²) in [5.41, 5.74) is 1.72. The average Bonchev–Trinajstić information content (AvgIpc) is 2.96. The van der Waals surface area contributed by atoms with Crippen LogP contribution in [0.15, 0.2) is 34.9 Å². The predicted octanol–water partition coefficient (Wildman–Crippen LogP) is 2.66. The Kier molecular flexibility index (Phi) is 4.31. The molecule has 4 nitrogen and oxygen atoms in total. The van der Waals surface area contributed by atoms with Gasteiger partial charge in [0.25, 0.3) is 0 Å². The number of piperidine rings is 1.